The molecule has 1 amide bonds. The van der Waals surface area contributed by atoms with Crippen molar-refractivity contribution in [2.24, 2.45) is 17.6 Å². The largest absolute Gasteiger partial charge is 0.508 e. The summed E-state index contributed by atoms with van der Waals surface area (Å²) in [7, 11) is 0. The number of phenols is 1. The zero-order chi connectivity index (χ0) is 23.7. The number of ketones is 2. The van der Waals surface area contributed by atoms with Crippen LogP contribution < -0.4 is 5.73 Å². The highest BCUT2D eigenvalue weighted by atomic mass is 16.3. The second-order valence-corrected chi connectivity index (χ2v) is 8.46. The molecule has 10 heteroatoms. The van der Waals surface area contributed by atoms with Crippen molar-refractivity contribution >= 4 is 23.2 Å². The number of carbonyl (C=O) groups is 3. The molecule has 0 radical (unpaired) electrons. The van der Waals surface area contributed by atoms with Gasteiger partial charge >= 0.3 is 0 Å². The molecule has 1 fully saturated rings. The lowest BCUT2D eigenvalue weighted by Crippen LogP contribution is -2.58. The van der Waals surface area contributed by atoms with Crippen LogP contribution in [-0.2, 0) is 20.8 Å². The molecule has 6 N–H and O–H groups in total. The average molecular weight is 449 g/mol. The highest BCUT2D eigenvalue weighted by Gasteiger charge is 2.60. The van der Waals surface area contributed by atoms with E-state index in [9.17, 15) is 34.8 Å². The van der Waals surface area contributed by atoms with Crippen molar-refractivity contribution < 1.29 is 34.8 Å². The number of amides is 1. The van der Waals surface area contributed by atoms with Gasteiger partial charge in [-0.2, -0.15) is 0 Å². The summed E-state index contributed by atoms with van der Waals surface area (Å²) < 4.78 is 0. The summed E-state index contributed by atoms with van der Waals surface area (Å²) in [6.45, 7) is 0. The van der Waals surface area contributed by atoms with Crippen molar-refractivity contribution in [2.45, 2.75) is 24.9 Å². The fraction of sp³-hybridized carbons (Fsp3) is 0.261. The number of carbonyl (C=O) groups excluding carboxylic acids is 3. The van der Waals surface area contributed by atoms with Crippen LogP contribution in [0.4, 0.5) is 0 Å². The van der Waals surface area contributed by atoms with Crippen molar-refractivity contribution in [1.29, 1.82) is 0 Å². The summed E-state index contributed by atoms with van der Waals surface area (Å²) >= 11 is 0. The predicted octanol–water partition coefficient (Wildman–Crippen LogP) is 0.881. The lowest BCUT2D eigenvalue weighted by molar-refractivity contribution is -0.147. The minimum atomic E-state index is -2.58. The Morgan fingerprint density at radius 2 is 1.79 bits per heavy atom. The molecule has 1 aromatic carbocycles. The van der Waals surface area contributed by atoms with Gasteiger partial charge in [-0.15, -0.1) is 0 Å². The fourth-order valence-corrected chi connectivity index (χ4v) is 5.27. The van der Waals surface area contributed by atoms with Crippen LogP contribution in [0.5, 0.6) is 5.75 Å². The number of Topliss-reactive ketones (excluding diaryl/α,β-unsaturated/α-hetero) is 2. The molecular formula is C23H19N3O7. The first kappa shape index (κ1) is 20.8. The van der Waals surface area contributed by atoms with E-state index in [1.54, 1.807) is 24.5 Å². The normalized spacial score (nSPS) is 26.6. The third kappa shape index (κ3) is 2.74. The number of nitrogens with zero attached hydrogens (tertiary/aromatic N) is 2. The molecule has 1 aromatic heterocycles. The number of hydrogen-bond donors (Lipinski definition) is 5. The first-order valence-electron chi connectivity index (χ1n) is 10.3. The van der Waals surface area contributed by atoms with Gasteiger partial charge in [0.05, 0.1) is 5.56 Å². The van der Waals surface area contributed by atoms with Gasteiger partial charge in [-0.3, -0.25) is 14.4 Å². The third-order valence-electron chi connectivity index (χ3n) is 6.75. The zero-order valence-electron chi connectivity index (χ0n) is 17.1. The minimum Gasteiger partial charge on any atom is -0.508 e. The van der Waals surface area contributed by atoms with Gasteiger partial charge < -0.3 is 26.2 Å². The number of primary amides is 1. The summed E-state index contributed by atoms with van der Waals surface area (Å²) in [5.41, 5.74) is 2.68. The summed E-state index contributed by atoms with van der Waals surface area (Å²) in [5, 5.41) is 43.4. The molecule has 168 valence electrons. The molecule has 3 aliphatic carbocycles. The molecule has 2 aromatic rings. The lowest BCUT2D eigenvalue weighted by Gasteiger charge is -2.46. The Bertz CT molecular complexity index is 1310. The summed E-state index contributed by atoms with van der Waals surface area (Å²) in [6.07, 6.45) is 2.99. The molecule has 3 aliphatic rings. The molecular weight excluding hydrogens is 430 g/mol. The number of aliphatic hydroxyl groups is 3. The molecule has 10 nitrogen and oxygen atoms in total. The van der Waals surface area contributed by atoms with E-state index in [0.29, 0.717) is 17.0 Å². The summed E-state index contributed by atoms with van der Waals surface area (Å²) in [4.78, 5) is 46.0. The van der Waals surface area contributed by atoms with Crippen LogP contribution in [0.3, 0.4) is 0 Å². The first-order chi connectivity index (χ1) is 15.7. The van der Waals surface area contributed by atoms with Crippen LogP contribution in [-0.4, -0.2) is 53.5 Å². The van der Waals surface area contributed by atoms with E-state index in [1.165, 1.54) is 6.07 Å². The Morgan fingerprint density at radius 3 is 2.45 bits per heavy atom. The van der Waals surface area contributed by atoms with Gasteiger partial charge in [0.2, 0.25) is 5.78 Å². The molecule has 0 aliphatic heterocycles. The minimum absolute atomic E-state index is 0.00656. The van der Waals surface area contributed by atoms with Gasteiger partial charge in [-0.05, 0) is 42.5 Å². The first-order valence-corrected chi connectivity index (χ1v) is 10.3. The lowest BCUT2D eigenvalue weighted by atomic mass is 9.59. The maximum Gasteiger partial charge on any atom is 0.255 e. The third-order valence-corrected chi connectivity index (χ3v) is 6.75. The van der Waals surface area contributed by atoms with Gasteiger partial charge in [-0.25, -0.2) is 9.97 Å². The molecule has 0 saturated heterocycles. The number of benzene rings is 1. The van der Waals surface area contributed by atoms with Gasteiger partial charge in [0.25, 0.3) is 5.91 Å². The van der Waals surface area contributed by atoms with Gasteiger partial charge in [0.15, 0.2) is 17.2 Å². The maximum absolute atomic E-state index is 13.5. The average Bonchev–Trinajstić information content (AvgIpc) is 2.76. The van der Waals surface area contributed by atoms with Crippen molar-refractivity contribution in [1.82, 2.24) is 9.97 Å². The molecule has 3 atom stereocenters. The number of rotatable bonds is 2. The van der Waals surface area contributed by atoms with E-state index in [-0.39, 0.29) is 36.1 Å². The van der Waals surface area contributed by atoms with Crippen LogP contribution >= 0.6 is 0 Å². The van der Waals surface area contributed by atoms with E-state index < -0.39 is 52.0 Å². The van der Waals surface area contributed by atoms with E-state index in [0.717, 1.165) is 0 Å². The van der Waals surface area contributed by atoms with E-state index in [1.807, 2.05) is 0 Å². The Hall–Kier alpha value is -4.05. The highest BCUT2D eigenvalue weighted by Crippen LogP contribution is 2.52. The van der Waals surface area contributed by atoms with Gasteiger partial charge in [-0.1, -0.05) is 0 Å². The highest BCUT2D eigenvalue weighted by molar-refractivity contribution is 6.22. The van der Waals surface area contributed by atoms with Gasteiger partial charge in [0, 0.05) is 35.9 Å². The summed E-state index contributed by atoms with van der Waals surface area (Å²) in [5.74, 6) is -6.23. The SMILES string of the molecule is NC(=O)C1=C(O)C2(O)C(=O)C3=C(O)c4c(O)ccc(-c5ncccn5)c4CC3CC2CC1=O. The topological polar surface area (TPSA) is 184 Å². The number of fused-ring (bicyclic) bond motifs is 3. The van der Waals surface area contributed by atoms with Crippen LogP contribution in [0.1, 0.15) is 24.0 Å². The molecule has 33 heavy (non-hydrogen) atoms. The number of aliphatic hydroxyl groups excluding tert-OH is 2. The van der Waals surface area contributed by atoms with Gasteiger partial charge in [0.1, 0.15) is 22.8 Å². The number of phenolic OH excluding ortho intramolecular Hbond substituents is 1. The molecule has 1 saturated carbocycles. The molecule has 5 rings (SSSR count). The second-order valence-electron chi connectivity index (χ2n) is 8.46. The quantitative estimate of drug-likeness (QED) is 0.415. The smallest absolute Gasteiger partial charge is 0.255 e. The van der Waals surface area contributed by atoms with Crippen LogP contribution in [0.15, 0.2) is 47.5 Å². The number of hydrogen-bond acceptors (Lipinski definition) is 9. The summed E-state index contributed by atoms with van der Waals surface area (Å²) in [6, 6.07) is 4.60. The Labute approximate surface area is 186 Å². The van der Waals surface area contributed by atoms with E-state index in [2.05, 4.69) is 9.97 Å². The monoisotopic (exact) mass is 449 g/mol. The molecule has 3 unspecified atom stereocenters. The van der Waals surface area contributed by atoms with Crippen LogP contribution in [0.2, 0.25) is 0 Å². The van der Waals surface area contributed by atoms with Crippen molar-refractivity contribution in [3.05, 3.63) is 58.6 Å². The second kappa shape index (κ2) is 6.97. The van der Waals surface area contributed by atoms with Crippen LogP contribution in [0, 0.1) is 11.8 Å². The van der Waals surface area contributed by atoms with E-state index in [4.69, 9.17) is 5.73 Å². The molecule has 0 spiro atoms. The van der Waals surface area contributed by atoms with Crippen molar-refractivity contribution in [3.63, 3.8) is 0 Å². The van der Waals surface area contributed by atoms with Crippen molar-refractivity contribution in [2.75, 3.05) is 0 Å². The predicted molar refractivity (Wildman–Crippen MR) is 112 cm³/mol. The van der Waals surface area contributed by atoms with E-state index >= 15 is 0 Å². The van der Waals surface area contributed by atoms with Crippen molar-refractivity contribution in [3.8, 4) is 17.1 Å². The number of nitrogens with two attached hydrogens (primary N) is 1. The number of aromatic nitrogens is 2. The molecule has 0 bridgehead atoms. The molecule has 1 heterocycles. The standard InChI is InChI=1S/C23H19N3O7/c24-21(32)17-14(28)8-10-6-9-7-12-11(22-25-4-1-5-26-22)2-3-13(27)16(12)18(29)15(9)19(30)23(10,33)20(17)31/h1-5,9-10,27,29,31,33H,6-8H2,(H2,24,32). The Morgan fingerprint density at radius 1 is 1.09 bits per heavy atom. The maximum atomic E-state index is 13.5. The number of aromatic hydroxyl groups is 1. The fourth-order valence-electron chi connectivity index (χ4n) is 5.27. The zero-order valence-corrected chi connectivity index (χ0v) is 17.1. The Kier molecular flexibility index (Phi) is 4.40. The van der Waals surface area contributed by atoms with Crippen LogP contribution in [0.25, 0.3) is 17.1 Å². The Balaban J connectivity index is 1.72.